The molecule has 1 aromatic carbocycles. The van der Waals surface area contributed by atoms with Crippen molar-refractivity contribution in [3.63, 3.8) is 0 Å². The second-order valence-electron chi connectivity index (χ2n) is 7.05. The topological polar surface area (TPSA) is 106 Å². The number of hydrogen-bond donors (Lipinski definition) is 1. The van der Waals surface area contributed by atoms with Gasteiger partial charge >= 0.3 is 5.91 Å². The van der Waals surface area contributed by atoms with Gasteiger partial charge in [-0.15, -0.1) is 11.3 Å². The highest BCUT2D eigenvalue weighted by Crippen LogP contribution is 2.38. The maximum Gasteiger partial charge on any atom is 0.316 e. The molecule has 2 heterocycles. The van der Waals surface area contributed by atoms with E-state index < -0.39 is 36.0 Å². The number of oxazole rings is 1. The third-order valence-corrected chi connectivity index (χ3v) is 5.51. The van der Waals surface area contributed by atoms with Gasteiger partial charge in [-0.2, -0.15) is 0 Å². The van der Waals surface area contributed by atoms with Crippen molar-refractivity contribution in [2.45, 2.75) is 31.6 Å². The summed E-state index contributed by atoms with van der Waals surface area (Å²) in [5, 5.41) is 1.82. The van der Waals surface area contributed by atoms with Crippen molar-refractivity contribution in [2.75, 3.05) is 6.54 Å². The van der Waals surface area contributed by atoms with Gasteiger partial charge < -0.3 is 10.2 Å². The van der Waals surface area contributed by atoms with Gasteiger partial charge in [0.2, 0.25) is 11.8 Å². The van der Waals surface area contributed by atoms with E-state index in [1.807, 2.05) is 5.38 Å². The number of primary amides is 1. The number of thiophene rings is 1. The first-order chi connectivity index (χ1) is 15.2. The van der Waals surface area contributed by atoms with E-state index in [-0.39, 0.29) is 18.0 Å². The molecule has 32 heavy (non-hydrogen) atoms. The zero-order valence-electron chi connectivity index (χ0n) is 17.2. The lowest BCUT2D eigenvalue weighted by Gasteiger charge is -2.30. The van der Waals surface area contributed by atoms with Crippen LogP contribution < -0.4 is 5.73 Å². The fourth-order valence-corrected chi connectivity index (χ4v) is 3.93. The third kappa shape index (κ3) is 5.08. The number of halogens is 2. The number of aromatic nitrogens is 1. The van der Waals surface area contributed by atoms with E-state index in [4.69, 9.17) is 10.2 Å². The Morgan fingerprint density at radius 2 is 1.91 bits per heavy atom. The van der Waals surface area contributed by atoms with Crippen molar-refractivity contribution in [2.24, 2.45) is 5.73 Å². The standard InChI is InChI=1S/C22H21F2N3O4S/c1-2-10-27(21(30)19-26-13-15(31-19)16-9-6-11-32-16)20(29)18(14-7-4-3-5-8-14)22(23,24)12-17(25)28/h3-9,11,13,18H,2,10,12H2,1H3,(H2,25,28)/t18-/m0/s1. The van der Waals surface area contributed by atoms with Gasteiger partial charge in [0.05, 0.1) is 17.5 Å². The SMILES string of the molecule is CCCN(C(=O)c1ncc(-c2cccs2)o1)C(=O)[C@H](c1ccccc1)C(F)(F)CC(N)=O. The van der Waals surface area contributed by atoms with Gasteiger partial charge in [0.15, 0.2) is 5.76 Å². The molecule has 1 atom stereocenters. The van der Waals surface area contributed by atoms with Crippen molar-refractivity contribution < 1.29 is 27.6 Å². The summed E-state index contributed by atoms with van der Waals surface area (Å²) in [5.74, 6) is -9.31. The molecule has 2 N–H and O–H groups in total. The number of nitrogens with zero attached hydrogens (tertiary/aromatic N) is 2. The Morgan fingerprint density at radius 1 is 1.19 bits per heavy atom. The molecule has 3 aromatic rings. The molecule has 0 aliphatic carbocycles. The van der Waals surface area contributed by atoms with E-state index in [1.54, 1.807) is 25.1 Å². The number of amides is 3. The Kier molecular flexibility index (Phi) is 7.14. The molecule has 0 fully saturated rings. The van der Waals surface area contributed by atoms with Crippen LogP contribution >= 0.6 is 11.3 Å². The highest BCUT2D eigenvalue weighted by atomic mass is 32.1. The molecule has 3 amide bonds. The average Bonchev–Trinajstić information content (AvgIpc) is 3.43. The zero-order valence-corrected chi connectivity index (χ0v) is 18.0. The fraction of sp³-hybridized carbons (Fsp3) is 0.273. The van der Waals surface area contributed by atoms with Gasteiger partial charge in [0.1, 0.15) is 5.92 Å². The largest absolute Gasteiger partial charge is 0.431 e. The highest BCUT2D eigenvalue weighted by molar-refractivity contribution is 7.13. The molecule has 10 heteroatoms. The Labute approximate surface area is 186 Å². The van der Waals surface area contributed by atoms with Gasteiger partial charge in [-0.25, -0.2) is 13.8 Å². The molecular weight excluding hydrogens is 440 g/mol. The lowest BCUT2D eigenvalue weighted by molar-refractivity contribution is -0.143. The molecule has 0 saturated carbocycles. The number of carbonyl (C=O) groups is 3. The number of alkyl halides is 2. The first-order valence-electron chi connectivity index (χ1n) is 9.81. The van der Waals surface area contributed by atoms with Crippen molar-refractivity contribution in [1.82, 2.24) is 9.88 Å². The van der Waals surface area contributed by atoms with E-state index >= 15 is 8.78 Å². The van der Waals surface area contributed by atoms with Gasteiger partial charge in [-0.05, 0) is 23.4 Å². The molecule has 0 radical (unpaired) electrons. The van der Waals surface area contributed by atoms with Crippen LogP contribution in [0.25, 0.3) is 10.6 Å². The minimum Gasteiger partial charge on any atom is -0.431 e. The van der Waals surface area contributed by atoms with E-state index in [1.165, 1.54) is 41.8 Å². The molecule has 2 aromatic heterocycles. The van der Waals surface area contributed by atoms with E-state index in [0.29, 0.717) is 17.1 Å². The lowest BCUT2D eigenvalue weighted by Crippen LogP contribution is -2.47. The summed E-state index contributed by atoms with van der Waals surface area (Å²) in [4.78, 5) is 43.0. The number of hydrogen-bond acceptors (Lipinski definition) is 6. The summed E-state index contributed by atoms with van der Waals surface area (Å²) in [6, 6.07) is 10.8. The first kappa shape index (κ1) is 23.3. The van der Waals surface area contributed by atoms with Crippen molar-refractivity contribution in [3.05, 3.63) is 65.5 Å². The second-order valence-corrected chi connectivity index (χ2v) is 8.00. The quantitative estimate of drug-likeness (QED) is 0.517. The number of benzene rings is 1. The van der Waals surface area contributed by atoms with Crippen LogP contribution in [0, 0.1) is 0 Å². The Hall–Kier alpha value is -3.40. The van der Waals surface area contributed by atoms with Crippen molar-refractivity contribution in [3.8, 4) is 10.6 Å². The molecule has 0 spiro atoms. The molecule has 0 saturated heterocycles. The van der Waals surface area contributed by atoms with Crippen LogP contribution in [-0.4, -0.2) is 40.1 Å². The molecule has 0 bridgehead atoms. The summed E-state index contributed by atoms with van der Waals surface area (Å²) < 4.78 is 35.6. The average molecular weight is 461 g/mol. The molecular formula is C22H21F2N3O4S. The molecule has 7 nitrogen and oxygen atoms in total. The van der Waals surface area contributed by atoms with E-state index in [0.717, 1.165) is 4.88 Å². The third-order valence-electron chi connectivity index (χ3n) is 4.62. The number of imide groups is 1. The van der Waals surface area contributed by atoms with Gasteiger partial charge in [-0.3, -0.25) is 19.3 Å². The zero-order chi connectivity index (χ0) is 23.3. The Morgan fingerprint density at radius 3 is 2.50 bits per heavy atom. The molecule has 0 aliphatic heterocycles. The predicted molar refractivity (Wildman–Crippen MR) is 114 cm³/mol. The van der Waals surface area contributed by atoms with Gasteiger partial charge in [0, 0.05) is 6.54 Å². The minimum atomic E-state index is -3.81. The Balaban J connectivity index is 1.97. The normalized spacial score (nSPS) is 12.3. The summed E-state index contributed by atoms with van der Waals surface area (Å²) >= 11 is 1.37. The Bertz CT molecular complexity index is 1080. The van der Waals surface area contributed by atoms with Gasteiger partial charge in [0.25, 0.3) is 11.8 Å². The summed E-state index contributed by atoms with van der Waals surface area (Å²) in [6.07, 6.45) is 0.316. The van der Waals surface area contributed by atoms with Crippen LogP contribution in [0.4, 0.5) is 8.78 Å². The van der Waals surface area contributed by atoms with Crippen LogP contribution in [-0.2, 0) is 9.59 Å². The molecule has 0 unspecified atom stereocenters. The second kappa shape index (κ2) is 9.82. The summed E-state index contributed by atoms with van der Waals surface area (Å²) in [7, 11) is 0. The molecule has 168 valence electrons. The fourth-order valence-electron chi connectivity index (χ4n) is 3.26. The minimum absolute atomic E-state index is 0.0377. The lowest BCUT2D eigenvalue weighted by atomic mass is 9.88. The molecule has 3 rings (SSSR count). The monoisotopic (exact) mass is 461 g/mol. The van der Waals surface area contributed by atoms with Crippen molar-refractivity contribution >= 4 is 29.1 Å². The van der Waals surface area contributed by atoms with E-state index in [2.05, 4.69) is 4.98 Å². The summed E-state index contributed by atoms with van der Waals surface area (Å²) in [6.45, 7) is 1.56. The summed E-state index contributed by atoms with van der Waals surface area (Å²) in [5.41, 5.74) is 4.96. The molecule has 0 aliphatic rings. The van der Waals surface area contributed by atoms with Crippen LogP contribution in [0.3, 0.4) is 0 Å². The predicted octanol–water partition coefficient (Wildman–Crippen LogP) is 4.08. The van der Waals surface area contributed by atoms with Crippen molar-refractivity contribution in [1.29, 1.82) is 0 Å². The smallest absolute Gasteiger partial charge is 0.316 e. The van der Waals surface area contributed by atoms with Crippen LogP contribution in [0.5, 0.6) is 0 Å². The van der Waals surface area contributed by atoms with Crippen LogP contribution in [0.2, 0.25) is 0 Å². The highest BCUT2D eigenvalue weighted by Gasteiger charge is 2.49. The number of rotatable bonds is 9. The van der Waals surface area contributed by atoms with Gasteiger partial charge in [-0.1, -0.05) is 43.3 Å². The van der Waals surface area contributed by atoms with E-state index in [9.17, 15) is 14.4 Å². The number of carbonyl (C=O) groups excluding carboxylic acids is 3. The maximum atomic E-state index is 15.0. The maximum absolute atomic E-state index is 15.0. The number of nitrogens with two attached hydrogens (primary N) is 1. The van der Waals surface area contributed by atoms with Crippen LogP contribution in [0.15, 0.2) is 58.5 Å². The van der Waals surface area contributed by atoms with Crippen LogP contribution in [0.1, 0.15) is 41.9 Å². The first-order valence-corrected chi connectivity index (χ1v) is 10.7.